The Labute approximate surface area is 155 Å². The van der Waals surface area contributed by atoms with Crippen LogP contribution < -0.4 is 4.90 Å². The van der Waals surface area contributed by atoms with Gasteiger partial charge in [0.2, 0.25) is 0 Å². The van der Waals surface area contributed by atoms with Gasteiger partial charge in [-0.25, -0.2) is 0 Å². The average Bonchev–Trinajstić information content (AvgIpc) is 2.77. The summed E-state index contributed by atoms with van der Waals surface area (Å²) in [6.45, 7) is 0.00798. The maximum Gasteiger partial charge on any atom is 0.265 e. The maximum atomic E-state index is 12.8. The van der Waals surface area contributed by atoms with Crippen LogP contribution in [0.3, 0.4) is 0 Å². The molecule has 1 atom stereocenters. The van der Waals surface area contributed by atoms with Gasteiger partial charge in [0.1, 0.15) is 0 Å². The molecular formula is C19H13Cl2NO3. The minimum Gasteiger partial charge on any atom is -0.375 e. The second-order valence-corrected chi connectivity index (χ2v) is 6.54. The van der Waals surface area contributed by atoms with E-state index in [0.29, 0.717) is 16.3 Å². The standard InChI is InChI=1S/C19H13Cl2NO3/c1-2-9-22-16-6-4-3-5-14(16)19(25,18(22)24)11-17(23)13-8-7-12(20)10-15(13)21/h1,3-8,10,25H,9,11H2/t19-/m1/s1. The SMILES string of the molecule is C#CCN1C(=O)[C@@](O)(CC(=O)c2ccc(Cl)cc2Cl)c2ccccc21. The van der Waals surface area contributed by atoms with Crippen molar-refractivity contribution in [1.29, 1.82) is 0 Å². The first-order valence-electron chi connectivity index (χ1n) is 7.44. The number of Topliss-reactive ketones (excluding diaryl/α,β-unsaturated/α-hetero) is 1. The summed E-state index contributed by atoms with van der Waals surface area (Å²) in [5.74, 6) is 1.31. The first-order chi connectivity index (χ1) is 11.9. The zero-order valence-corrected chi connectivity index (χ0v) is 14.5. The molecule has 0 bridgehead atoms. The zero-order chi connectivity index (χ0) is 18.2. The first kappa shape index (κ1) is 17.5. The topological polar surface area (TPSA) is 57.6 Å². The first-order valence-corrected chi connectivity index (χ1v) is 8.19. The van der Waals surface area contributed by atoms with Gasteiger partial charge in [0.05, 0.1) is 23.7 Å². The van der Waals surface area contributed by atoms with E-state index in [4.69, 9.17) is 29.6 Å². The van der Waals surface area contributed by atoms with Crippen LogP contribution in [0.25, 0.3) is 0 Å². The summed E-state index contributed by atoms with van der Waals surface area (Å²) in [4.78, 5) is 26.7. The van der Waals surface area contributed by atoms with Gasteiger partial charge in [0.15, 0.2) is 11.4 Å². The third kappa shape index (κ3) is 2.91. The molecule has 2 aromatic rings. The number of fused-ring (bicyclic) bond motifs is 1. The lowest BCUT2D eigenvalue weighted by atomic mass is 9.88. The molecule has 126 valence electrons. The monoisotopic (exact) mass is 373 g/mol. The van der Waals surface area contributed by atoms with Gasteiger partial charge in [0, 0.05) is 16.1 Å². The fraction of sp³-hybridized carbons (Fsp3) is 0.158. The van der Waals surface area contributed by atoms with Gasteiger partial charge >= 0.3 is 0 Å². The van der Waals surface area contributed by atoms with E-state index in [1.54, 1.807) is 24.3 Å². The summed E-state index contributed by atoms with van der Waals surface area (Å²) < 4.78 is 0. The van der Waals surface area contributed by atoms with Gasteiger partial charge in [0.25, 0.3) is 5.91 Å². The summed E-state index contributed by atoms with van der Waals surface area (Å²) in [5, 5.41) is 11.6. The molecule has 1 aliphatic rings. The highest BCUT2D eigenvalue weighted by Crippen LogP contribution is 2.43. The molecule has 0 spiro atoms. The minimum absolute atomic E-state index is 0.00798. The van der Waals surface area contributed by atoms with Crippen LogP contribution in [-0.2, 0) is 10.4 Å². The second kappa shape index (κ2) is 6.53. The van der Waals surface area contributed by atoms with Crippen molar-refractivity contribution in [3.8, 4) is 12.3 Å². The highest BCUT2D eigenvalue weighted by atomic mass is 35.5. The summed E-state index contributed by atoms with van der Waals surface area (Å²) in [6, 6.07) is 11.2. The Hall–Kier alpha value is -2.32. The molecule has 1 amide bonds. The third-order valence-corrected chi connectivity index (χ3v) is 4.68. The van der Waals surface area contributed by atoms with E-state index in [1.807, 2.05) is 0 Å². The lowest BCUT2D eigenvalue weighted by Gasteiger charge is -2.22. The van der Waals surface area contributed by atoms with E-state index in [1.165, 1.54) is 23.1 Å². The quantitative estimate of drug-likeness (QED) is 0.659. The smallest absolute Gasteiger partial charge is 0.265 e. The van der Waals surface area contributed by atoms with Crippen molar-refractivity contribution in [2.24, 2.45) is 0 Å². The molecule has 3 rings (SSSR count). The van der Waals surface area contributed by atoms with E-state index in [-0.39, 0.29) is 17.1 Å². The van der Waals surface area contributed by atoms with Crippen LogP contribution in [0, 0.1) is 12.3 Å². The number of carbonyl (C=O) groups excluding carboxylic acids is 2. The van der Waals surface area contributed by atoms with Crippen LogP contribution >= 0.6 is 23.2 Å². The number of hydrogen-bond donors (Lipinski definition) is 1. The van der Waals surface area contributed by atoms with Crippen molar-refractivity contribution in [3.63, 3.8) is 0 Å². The molecule has 0 radical (unpaired) electrons. The Morgan fingerprint density at radius 1 is 1.24 bits per heavy atom. The molecule has 25 heavy (non-hydrogen) atoms. The van der Waals surface area contributed by atoms with E-state index < -0.39 is 23.7 Å². The number of para-hydroxylation sites is 1. The van der Waals surface area contributed by atoms with Crippen molar-refractivity contribution in [2.75, 3.05) is 11.4 Å². The molecule has 4 nitrogen and oxygen atoms in total. The summed E-state index contributed by atoms with van der Waals surface area (Å²) in [7, 11) is 0. The molecule has 1 heterocycles. The highest BCUT2D eigenvalue weighted by Gasteiger charge is 2.50. The number of nitrogens with zero attached hydrogens (tertiary/aromatic N) is 1. The normalized spacial score (nSPS) is 18.8. The van der Waals surface area contributed by atoms with Crippen molar-refractivity contribution in [1.82, 2.24) is 0 Å². The van der Waals surface area contributed by atoms with Crippen LogP contribution in [-0.4, -0.2) is 23.3 Å². The van der Waals surface area contributed by atoms with Gasteiger partial charge < -0.3 is 5.11 Å². The Kier molecular flexibility index (Phi) is 4.57. The van der Waals surface area contributed by atoms with Crippen LogP contribution in [0.4, 0.5) is 5.69 Å². The van der Waals surface area contributed by atoms with E-state index in [9.17, 15) is 14.7 Å². The molecular weight excluding hydrogens is 361 g/mol. The van der Waals surface area contributed by atoms with Crippen molar-refractivity contribution < 1.29 is 14.7 Å². The molecule has 2 aromatic carbocycles. The molecule has 6 heteroatoms. The highest BCUT2D eigenvalue weighted by molar-refractivity contribution is 6.37. The number of benzene rings is 2. The fourth-order valence-electron chi connectivity index (χ4n) is 2.97. The average molecular weight is 374 g/mol. The molecule has 0 saturated heterocycles. The number of hydrogen-bond acceptors (Lipinski definition) is 3. The van der Waals surface area contributed by atoms with Gasteiger partial charge in [-0.05, 0) is 24.3 Å². The minimum atomic E-state index is -1.98. The Bertz CT molecular complexity index is 919. The zero-order valence-electron chi connectivity index (χ0n) is 13.0. The molecule has 1 aliphatic heterocycles. The van der Waals surface area contributed by atoms with E-state index in [2.05, 4.69) is 5.92 Å². The fourth-order valence-corrected chi connectivity index (χ4v) is 3.48. The maximum absolute atomic E-state index is 12.8. The van der Waals surface area contributed by atoms with Gasteiger partial charge in [-0.2, -0.15) is 0 Å². The molecule has 0 aromatic heterocycles. The van der Waals surface area contributed by atoms with Crippen molar-refractivity contribution in [3.05, 3.63) is 63.6 Å². The molecule has 0 saturated carbocycles. The Morgan fingerprint density at radius 2 is 1.96 bits per heavy atom. The van der Waals surface area contributed by atoms with Crippen LogP contribution in [0.5, 0.6) is 0 Å². The van der Waals surface area contributed by atoms with E-state index in [0.717, 1.165) is 0 Å². The number of halogens is 2. The number of carbonyl (C=O) groups is 2. The van der Waals surface area contributed by atoms with Crippen LogP contribution in [0.1, 0.15) is 22.3 Å². The molecule has 0 aliphatic carbocycles. The number of rotatable bonds is 4. The predicted molar refractivity (Wildman–Crippen MR) is 96.9 cm³/mol. The van der Waals surface area contributed by atoms with Crippen molar-refractivity contribution >= 4 is 40.6 Å². The number of aliphatic hydroxyl groups is 1. The number of ketones is 1. The summed E-state index contributed by atoms with van der Waals surface area (Å²) >= 11 is 11.9. The third-order valence-electron chi connectivity index (χ3n) is 4.14. The predicted octanol–water partition coefficient (Wildman–Crippen LogP) is 3.43. The van der Waals surface area contributed by atoms with Gasteiger partial charge in [-0.3, -0.25) is 14.5 Å². The number of terminal acetylenes is 1. The van der Waals surface area contributed by atoms with E-state index >= 15 is 0 Å². The summed E-state index contributed by atoms with van der Waals surface area (Å²) in [6.07, 6.45) is 4.88. The van der Waals surface area contributed by atoms with Crippen LogP contribution in [0.15, 0.2) is 42.5 Å². The Morgan fingerprint density at radius 3 is 2.64 bits per heavy atom. The van der Waals surface area contributed by atoms with Gasteiger partial charge in [-0.15, -0.1) is 6.42 Å². The molecule has 0 fully saturated rings. The summed E-state index contributed by atoms with van der Waals surface area (Å²) in [5.41, 5.74) is -0.926. The lowest BCUT2D eigenvalue weighted by Crippen LogP contribution is -2.42. The Balaban J connectivity index is 2.00. The number of anilines is 1. The van der Waals surface area contributed by atoms with Gasteiger partial charge in [-0.1, -0.05) is 47.3 Å². The number of amides is 1. The molecule has 0 unspecified atom stereocenters. The largest absolute Gasteiger partial charge is 0.375 e. The molecule has 1 N–H and O–H groups in total. The van der Waals surface area contributed by atoms with Crippen LogP contribution in [0.2, 0.25) is 10.0 Å². The van der Waals surface area contributed by atoms with Crippen molar-refractivity contribution in [2.45, 2.75) is 12.0 Å². The lowest BCUT2D eigenvalue weighted by molar-refractivity contribution is -0.135. The second-order valence-electron chi connectivity index (χ2n) is 5.70.